The van der Waals surface area contributed by atoms with Crippen LogP contribution in [0.15, 0.2) is 36.5 Å². The smallest absolute Gasteiger partial charge is 0.328 e. The second-order valence-corrected chi connectivity index (χ2v) is 5.29. The molecule has 0 radical (unpaired) electrons. The molecular weight excluding hydrogens is 408 g/mol. The van der Waals surface area contributed by atoms with Crippen molar-refractivity contribution in [2.24, 2.45) is 0 Å². The number of carbonyl (C=O) groups excluding carboxylic acids is 3. The largest absolute Gasteiger partial charge is 0.478 e. The molecule has 30 heavy (non-hydrogen) atoms. The van der Waals surface area contributed by atoms with Crippen molar-refractivity contribution in [1.29, 1.82) is 0 Å². The summed E-state index contributed by atoms with van der Waals surface area (Å²) in [7, 11) is 0. The molecule has 0 spiro atoms. The van der Waals surface area contributed by atoms with E-state index in [0.29, 0.717) is 18.2 Å². The number of carbonyl (C=O) groups is 6. The van der Waals surface area contributed by atoms with Gasteiger partial charge < -0.3 is 29.5 Å². The van der Waals surface area contributed by atoms with Crippen molar-refractivity contribution in [3.8, 4) is 0 Å². The van der Waals surface area contributed by atoms with Crippen molar-refractivity contribution in [3.63, 3.8) is 0 Å². The molecular formula is C18H20O12. The Kier molecular flexibility index (Phi) is 13.7. The van der Waals surface area contributed by atoms with Crippen LogP contribution in [-0.4, -0.2) is 83.3 Å². The lowest BCUT2D eigenvalue weighted by molar-refractivity contribution is -0.176. The van der Waals surface area contributed by atoms with Gasteiger partial charge in [-0.3, -0.25) is 14.4 Å². The van der Waals surface area contributed by atoms with E-state index in [1.807, 2.05) is 0 Å². The molecule has 0 aromatic rings. The zero-order valence-corrected chi connectivity index (χ0v) is 15.6. The molecule has 164 valence electrons. The van der Waals surface area contributed by atoms with Gasteiger partial charge in [-0.15, -0.1) is 0 Å². The summed E-state index contributed by atoms with van der Waals surface area (Å²) in [5.74, 6) is -5.86. The predicted molar refractivity (Wildman–Crippen MR) is 96.5 cm³/mol. The quantitative estimate of drug-likeness (QED) is 0.197. The SMILES string of the molecule is O=C(O)C=CC(=O)CCOC(COCC(=O)C=CC(=O)O)OCC(=O)/C=C\C(=O)O. The van der Waals surface area contributed by atoms with Crippen molar-refractivity contribution in [2.75, 3.05) is 26.4 Å². The van der Waals surface area contributed by atoms with E-state index in [9.17, 15) is 28.8 Å². The first-order chi connectivity index (χ1) is 14.1. The molecule has 0 heterocycles. The third-order valence-electron chi connectivity index (χ3n) is 2.80. The fourth-order valence-corrected chi connectivity index (χ4v) is 1.54. The number of ketones is 3. The summed E-state index contributed by atoms with van der Waals surface area (Å²) in [6, 6.07) is 0. The topological polar surface area (TPSA) is 191 Å². The van der Waals surface area contributed by atoms with Gasteiger partial charge in [0, 0.05) is 24.6 Å². The minimum Gasteiger partial charge on any atom is -0.478 e. The van der Waals surface area contributed by atoms with E-state index in [4.69, 9.17) is 29.5 Å². The number of ether oxygens (including phenoxy) is 3. The summed E-state index contributed by atoms with van der Waals surface area (Å²) < 4.78 is 15.3. The summed E-state index contributed by atoms with van der Waals surface area (Å²) in [4.78, 5) is 65.4. The van der Waals surface area contributed by atoms with Gasteiger partial charge in [-0.05, 0) is 18.2 Å². The zero-order chi connectivity index (χ0) is 22.9. The number of carboxylic acids is 3. The van der Waals surface area contributed by atoms with Crippen LogP contribution in [0.4, 0.5) is 0 Å². The van der Waals surface area contributed by atoms with Crippen LogP contribution < -0.4 is 0 Å². The average molecular weight is 428 g/mol. The van der Waals surface area contributed by atoms with E-state index in [1.165, 1.54) is 0 Å². The second-order valence-electron chi connectivity index (χ2n) is 5.29. The molecule has 0 rings (SSSR count). The van der Waals surface area contributed by atoms with E-state index < -0.39 is 54.8 Å². The number of hydrogen-bond donors (Lipinski definition) is 3. The van der Waals surface area contributed by atoms with Crippen LogP contribution in [0.5, 0.6) is 0 Å². The Labute approximate surface area is 170 Å². The average Bonchev–Trinajstić information content (AvgIpc) is 2.66. The number of aliphatic carboxylic acids is 3. The molecule has 0 aromatic carbocycles. The molecule has 3 N–H and O–H groups in total. The van der Waals surface area contributed by atoms with Gasteiger partial charge in [0.2, 0.25) is 0 Å². The van der Waals surface area contributed by atoms with E-state index >= 15 is 0 Å². The van der Waals surface area contributed by atoms with Gasteiger partial charge >= 0.3 is 17.9 Å². The van der Waals surface area contributed by atoms with E-state index in [-0.39, 0.29) is 19.6 Å². The molecule has 1 unspecified atom stereocenters. The molecule has 1 atom stereocenters. The summed E-state index contributed by atoms with van der Waals surface area (Å²) in [5.41, 5.74) is 0. The Hall–Kier alpha value is -3.48. The minimum absolute atomic E-state index is 0.212. The van der Waals surface area contributed by atoms with Crippen LogP contribution in [0.3, 0.4) is 0 Å². The van der Waals surface area contributed by atoms with Gasteiger partial charge in [0.05, 0.1) is 13.2 Å². The predicted octanol–water partition coefficient (Wildman–Crippen LogP) is -0.618. The van der Waals surface area contributed by atoms with Gasteiger partial charge in [0.15, 0.2) is 23.6 Å². The molecule has 0 saturated heterocycles. The van der Waals surface area contributed by atoms with Crippen LogP contribution in [0.25, 0.3) is 0 Å². The fraction of sp³-hybridized carbons (Fsp3) is 0.333. The Morgan fingerprint density at radius 3 is 1.60 bits per heavy atom. The van der Waals surface area contributed by atoms with E-state index in [1.54, 1.807) is 0 Å². The number of allylic oxidation sites excluding steroid dienone is 1. The maximum Gasteiger partial charge on any atom is 0.328 e. The lowest BCUT2D eigenvalue weighted by atomic mass is 10.3. The number of rotatable bonds is 17. The van der Waals surface area contributed by atoms with E-state index in [0.717, 1.165) is 18.2 Å². The first kappa shape index (κ1) is 26.5. The van der Waals surface area contributed by atoms with Crippen molar-refractivity contribution in [1.82, 2.24) is 0 Å². The highest BCUT2D eigenvalue weighted by Gasteiger charge is 2.13. The highest BCUT2D eigenvalue weighted by atomic mass is 16.7. The van der Waals surface area contributed by atoms with Crippen molar-refractivity contribution >= 4 is 35.3 Å². The Balaban J connectivity index is 4.63. The molecule has 0 bridgehead atoms. The molecule has 12 nitrogen and oxygen atoms in total. The maximum absolute atomic E-state index is 11.5. The van der Waals surface area contributed by atoms with Gasteiger partial charge in [-0.1, -0.05) is 0 Å². The molecule has 12 heteroatoms. The first-order valence-corrected chi connectivity index (χ1v) is 8.22. The normalized spacial score (nSPS) is 12.4. The molecule has 0 saturated carbocycles. The van der Waals surface area contributed by atoms with Crippen molar-refractivity contribution < 1.29 is 58.3 Å². The Morgan fingerprint density at radius 1 is 0.633 bits per heavy atom. The van der Waals surface area contributed by atoms with Crippen LogP contribution in [0, 0.1) is 0 Å². The van der Waals surface area contributed by atoms with Crippen LogP contribution in [-0.2, 0) is 43.0 Å². The van der Waals surface area contributed by atoms with Gasteiger partial charge in [0.1, 0.15) is 13.2 Å². The number of hydrogen-bond acceptors (Lipinski definition) is 9. The van der Waals surface area contributed by atoms with Crippen molar-refractivity contribution in [3.05, 3.63) is 36.5 Å². The summed E-state index contributed by atoms with van der Waals surface area (Å²) in [6.07, 6.45) is 2.84. The zero-order valence-electron chi connectivity index (χ0n) is 15.6. The van der Waals surface area contributed by atoms with Crippen molar-refractivity contribution in [2.45, 2.75) is 12.7 Å². The highest BCUT2D eigenvalue weighted by molar-refractivity contribution is 5.96. The molecule has 0 fully saturated rings. The Morgan fingerprint density at radius 2 is 1.10 bits per heavy atom. The minimum atomic E-state index is -1.33. The molecule has 0 aliphatic rings. The Bertz CT molecular complexity index is 689. The van der Waals surface area contributed by atoms with E-state index in [2.05, 4.69) is 0 Å². The summed E-state index contributed by atoms with van der Waals surface area (Å²) in [6.45, 7) is -1.71. The van der Waals surface area contributed by atoms with Crippen LogP contribution in [0.2, 0.25) is 0 Å². The monoisotopic (exact) mass is 428 g/mol. The molecule has 0 aliphatic carbocycles. The maximum atomic E-state index is 11.5. The highest BCUT2D eigenvalue weighted by Crippen LogP contribution is 2.01. The second kappa shape index (κ2) is 15.4. The lowest BCUT2D eigenvalue weighted by Gasteiger charge is -2.17. The van der Waals surface area contributed by atoms with Crippen LogP contribution >= 0.6 is 0 Å². The summed E-state index contributed by atoms with van der Waals surface area (Å²) in [5, 5.41) is 25.3. The number of carboxylic acid groups (broad SMARTS) is 3. The van der Waals surface area contributed by atoms with Gasteiger partial charge in [-0.2, -0.15) is 0 Å². The fourth-order valence-electron chi connectivity index (χ4n) is 1.54. The molecule has 0 aliphatic heterocycles. The molecule has 0 amide bonds. The lowest BCUT2D eigenvalue weighted by Crippen LogP contribution is -2.28. The standard InChI is InChI=1S/C18H20O12/c19-12(1-4-15(22)23)7-8-29-18(30-10-14(21)3-6-17(26)27)11-28-9-13(20)2-5-16(24)25/h1-6,18H,7-11H2,(H,22,23)(H,24,25)(H,26,27)/b4-1?,5-2?,6-3-. The van der Waals surface area contributed by atoms with Gasteiger partial charge in [-0.25, -0.2) is 14.4 Å². The third-order valence-corrected chi connectivity index (χ3v) is 2.80. The molecule has 0 aromatic heterocycles. The van der Waals surface area contributed by atoms with Crippen LogP contribution in [0.1, 0.15) is 6.42 Å². The third kappa shape index (κ3) is 16.7. The first-order valence-electron chi connectivity index (χ1n) is 8.22. The van der Waals surface area contributed by atoms with Gasteiger partial charge in [0.25, 0.3) is 0 Å². The summed E-state index contributed by atoms with van der Waals surface area (Å²) >= 11 is 0.